The van der Waals surface area contributed by atoms with Gasteiger partial charge in [-0.2, -0.15) is 0 Å². The smallest absolute Gasteiger partial charge is 0.356 e. The average Bonchev–Trinajstić information content (AvgIpc) is 2.64. The van der Waals surface area contributed by atoms with Crippen LogP contribution >= 0.6 is 11.5 Å². The van der Waals surface area contributed by atoms with E-state index in [1.54, 1.807) is 6.92 Å². The monoisotopic (exact) mass is 238 g/mol. The van der Waals surface area contributed by atoms with E-state index >= 15 is 0 Å². The zero-order chi connectivity index (χ0) is 11.5. The summed E-state index contributed by atoms with van der Waals surface area (Å²) in [6.07, 6.45) is 3.29. The van der Waals surface area contributed by atoms with Gasteiger partial charge in [0.1, 0.15) is 5.76 Å². The fourth-order valence-electron chi connectivity index (χ4n) is 1.43. The molecule has 0 N–H and O–H groups in total. The summed E-state index contributed by atoms with van der Waals surface area (Å²) in [5.41, 5.74) is 0.553. The number of hydrogen-bond acceptors (Lipinski definition) is 6. The van der Waals surface area contributed by atoms with Gasteiger partial charge in [-0.1, -0.05) is 4.49 Å². The van der Waals surface area contributed by atoms with Crippen LogP contribution in [0.3, 0.4) is 0 Å². The van der Waals surface area contributed by atoms with E-state index in [9.17, 15) is 9.59 Å². The van der Waals surface area contributed by atoms with Crippen molar-refractivity contribution < 1.29 is 14.3 Å². The number of aryl methyl sites for hydroxylation is 1. The van der Waals surface area contributed by atoms with Crippen molar-refractivity contribution in [3.05, 3.63) is 22.4 Å². The molecular weight excluding hydrogens is 228 g/mol. The van der Waals surface area contributed by atoms with Crippen molar-refractivity contribution in [1.29, 1.82) is 0 Å². The third-order valence-corrected chi connectivity index (χ3v) is 3.04. The highest BCUT2D eigenvalue weighted by Crippen LogP contribution is 2.19. The molecule has 16 heavy (non-hydrogen) atoms. The summed E-state index contributed by atoms with van der Waals surface area (Å²) in [5, 5.41) is 3.73. The molecule has 0 radical (unpaired) electrons. The van der Waals surface area contributed by atoms with Gasteiger partial charge in [-0.05, 0) is 24.9 Å². The van der Waals surface area contributed by atoms with Crippen LogP contribution in [0.2, 0.25) is 0 Å². The summed E-state index contributed by atoms with van der Waals surface area (Å²) in [6.45, 7) is 1.69. The Balaban J connectivity index is 2.08. The van der Waals surface area contributed by atoms with Crippen LogP contribution in [0, 0.1) is 6.92 Å². The molecule has 2 rings (SSSR count). The third-order valence-electron chi connectivity index (χ3n) is 2.23. The molecule has 0 unspecified atom stereocenters. The Hall–Kier alpha value is -1.56. The molecule has 1 aromatic rings. The first kappa shape index (κ1) is 10.9. The van der Waals surface area contributed by atoms with Crippen LogP contribution in [-0.2, 0) is 9.53 Å². The minimum absolute atomic E-state index is 0.00759. The minimum atomic E-state index is -0.478. The number of rotatable bonds is 2. The zero-order valence-corrected chi connectivity index (χ0v) is 9.54. The van der Waals surface area contributed by atoms with Crippen LogP contribution in [0.15, 0.2) is 11.8 Å². The Morgan fingerprint density at radius 1 is 1.50 bits per heavy atom. The molecule has 0 saturated carbocycles. The molecule has 84 valence electrons. The Labute approximate surface area is 96.3 Å². The Morgan fingerprint density at radius 2 is 2.31 bits per heavy atom. The van der Waals surface area contributed by atoms with Crippen molar-refractivity contribution in [2.45, 2.75) is 26.2 Å². The van der Waals surface area contributed by atoms with Gasteiger partial charge in [0, 0.05) is 18.9 Å². The number of hydrogen-bond donors (Lipinski definition) is 0. The first-order chi connectivity index (χ1) is 7.66. The van der Waals surface area contributed by atoms with Crippen LogP contribution in [-0.4, -0.2) is 21.3 Å². The summed E-state index contributed by atoms with van der Waals surface area (Å²) < 4.78 is 8.77. The highest BCUT2D eigenvalue weighted by molar-refractivity contribution is 7.07. The van der Waals surface area contributed by atoms with E-state index in [0.717, 1.165) is 18.0 Å². The van der Waals surface area contributed by atoms with Crippen molar-refractivity contribution in [2.75, 3.05) is 0 Å². The Bertz CT molecular complexity index is 464. The fourth-order valence-corrected chi connectivity index (χ4v) is 1.96. The molecule has 0 aromatic carbocycles. The number of aromatic nitrogens is 2. The van der Waals surface area contributed by atoms with Crippen LogP contribution in [0.5, 0.6) is 0 Å². The lowest BCUT2D eigenvalue weighted by Crippen LogP contribution is -2.10. The summed E-state index contributed by atoms with van der Waals surface area (Å²) >= 11 is 0.999. The maximum Gasteiger partial charge on any atom is 0.356 e. The molecule has 0 aliphatic heterocycles. The maximum absolute atomic E-state index is 11.7. The van der Waals surface area contributed by atoms with Crippen molar-refractivity contribution in [2.24, 2.45) is 0 Å². The van der Waals surface area contributed by atoms with Crippen LogP contribution in [0.25, 0.3) is 0 Å². The first-order valence-electron chi connectivity index (χ1n) is 4.91. The molecule has 5 nitrogen and oxygen atoms in total. The number of carbonyl (C=O) groups excluding carboxylic acids is 2. The predicted molar refractivity (Wildman–Crippen MR) is 57.0 cm³/mol. The Kier molecular flexibility index (Phi) is 3.09. The molecule has 0 spiro atoms. The SMILES string of the molecule is Cc1nnsc1C(=O)OC1=CC(=O)CCC1. The number of ketones is 1. The molecule has 6 heteroatoms. The lowest BCUT2D eigenvalue weighted by molar-refractivity contribution is -0.115. The van der Waals surface area contributed by atoms with E-state index in [0.29, 0.717) is 29.2 Å². The number of ether oxygens (including phenoxy) is 1. The summed E-state index contributed by atoms with van der Waals surface area (Å²) in [4.78, 5) is 23.2. The van der Waals surface area contributed by atoms with Crippen LogP contribution < -0.4 is 0 Å². The molecule has 1 aliphatic carbocycles. The lowest BCUT2D eigenvalue weighted by atomic mass is 10.1. The minimum Gasteiger partial charge on any atom is -0.427 e. The topological polar surface area (TPSA) is 69.2 Å². The van der Waals surface area contributed by atoms with E-state index in [1.807, 2.05) is 0 Å². The van der Waals surface area contributed by atoms with Gasteiger partial charge in [-0.3, -0.25) is 4.79 Å². The molecule has 0 amide bonds. The standard InChI is InChI=1S/C10H10N2O3S/c1-6-9(16-12-11-6)10(14)15-8-4-2-3-7(13)5-8/h5H,2-4H2,1H3. The molecule has 0 fully saturated rings. The van der Waals surface area contributed by atoms with Crippen molar-refractivity contribution >= 4 is 23.3 Å². The van der Waals surface area contributed by atoms with E-state index in [1.165, 1.54) is 6.08 Å². The molecule has 0 atom stereocenters. The summed E-state index contributed by atoms with van der Waals surface area (Å²) in [5.74, 6) is -0.0318. The number of esters is 1. The van der Waals surface area contributed by atoms with Gasteiger partial charge in [-0.15, -0.1) is 5.10 Å². The molecule has 1 aromatic heterocycles. The van der Waals surface area contributed by atoms with Gasteiger partial charge in [0.05, 0.1) is 5.69 Å². The van der Waals surface area contributed by atoms with Gasteiger partial charge < -0.3 is 4.74 Å². The highest BCUT2D eigenvalue weighted by Gasteiger charge is 2.19. The lowest BCUT2D eigenvalue weighted by Gasteiger charge is -2.11. The van der Waals surface area contributed by atoms with Crippen molar-refractivity contribution in [3.63, 3.8) is 0 Å². The normalized spacial score (nSPS) is 15.8. The quantitative estimate of drug-likeness (QED) is 0.732. The third kappa shape index (κ3) is 2.33. The highest BCUT2D eigenvalue weighted by atomic mass is 32.1. The van der Waals surface area contributed by atoms with Crippen LogP contribution in [0.1, 0.15) is 34.6 Å². The second-order valence-electron chi connectivity index (χ2n) is 3.51. The van der Waals surface area contributed by atoms with E-state index in [4.69, 9.17) is 4.74 Å². The second-order valence-corrected chi connectivity index (χ2v) is 4.26. The van der Waals surface area contributed by atoms with E-state index < -0.39 is 5.97 Å². The van der Waals surface area contributed by atoms with Gasteiger partial charge in [0.2, 0.25) is 0 Å². The molecule has 0 bridgehead atoms. The van der Waals surface area contributed by atoms with Gasteiger partial charge in [0.15, 0.2) is 10.7 Å². The number of carbonyl (C=O) groups is 2. The summed E-state index contributed by atoms with van der Waals surface area (Å²) in [6, 6.07) is 0. The van der Waals surface area contributed by atoms with Gasteiger partial charge in [-0.25, -0.2) is 4.79 Å². The van der Waals surface area contributed by atoms with Crippen molar-refractivity contribution in [3.8, 4) is 0 Å². The van der Waals surface area contributed by atoms with E-state index in [2.05, 4.69) is 9.59 Å². The van der Waals surface area contributed by atoms with Crippen LogP contribution in [0.4, 0.5) is 0 Å². The largest absolute Gasteiger partial charge is 0.427 e. The van der Waals surface area contributed by atoms with Gasteiger partial charge >= 0.3 is 5.97 Å². The second kappa shape index (κ2) is 4.52. The van der Waals surface area contributed by atoms with Gasteiger partial charge in [0.25, 0.3) is 0 Å². The molecular formula is C10H10N2O3S. The maximum atomic E-state index is 11.7. The fraction of sp³-hybridized carbons (Fsp3) is 0.400. The zero-order valence-electron chi connectivity index (χ0n) is 8.73. The number of nitrogens with zero attached hydrogens (tertiary/aromatic N) is 2. The summed E-state index contributed by atoms with van der Waals surface area (Å²) in [7, 11) is 0. The molecule has 1 aliphatic rings. The molecule has 0 saturated heterocycles. The first-order valence-corrected chi connectivity index (χ1v) is 5.68. The Morgan fingerprint density at radius 3 is 2.94 bits per heavy atom. The average molecular weight is 238 g/mol. The molecule has 1 heterocycles. The predicted octanol–water partition coefficient (Wildman–Crippen LogP) is 1.64. The van der Waals surface area contributed by atoms with E-state index in [-0.39, 0.29) is 5.78 Å². The van der Waals surface area contributed by atoms with Crippen molar-refractivity contribution in [1.82, 2.24) is 9.59 Å². The number of allylic oxidation sites excluding steroid dienone is 2.